The van der Waals surface area contributed by atoms with Gasteiger partial charge >= 0.3 is 5.63 Å². The van der Waals surface area contributed by atoms with Gasteiger partial charge in [-0.25, -0.2) is 4.79 Å². The fraction of sp³-hybridized carbons (Fsp3) is 0.412. The summed E-state index contributed by atoms with van der Waals surface area (Å²) < 4.78 is 5.97. The highest BCUT2D eigenvalue weighted by molar-refractivity contribution is 9.11. The first-order chi connectivity index (χ1) is 11.5. The number of ketones is 1. The van der Waals surface area contributed by atoms with Crippen molar-refractivity contribution in [3.8, 4) is 5.75 Å². The van der Waals surface area contributed by atoms with Gasteiger partial charge in [0, 0.05) is 24.4 Å². The molecule has 2 aromatic rings. The lowest BCUT2D eigenvalue weighted by molar-refractivity contribution is 0.0978. The lowest BCUT2D eigenvalue weighted by Crippen LogP contribution is -2.29. The zero-order valence-corrected chi connectivity index (χ0v) is 17.3. The molecule has 3 rings (SSSR count). The first kappa shape index (κ1) is 20.4. The number of fused-ring (bicyclic) bond motifs is 1. The van der Waals surface area contributed by atoms with Crippen LogP contribution in [0.2, 0.25) is 0 Å². The van der Waals surface area contributed by atoms with Crippen molar-refractivity contribution < 1.29 is 14.3 Å². The van der Waals surface area contributed by atoms with Crippen LogP contribution in [0.15, 0.2) is 30.3 Å². The number of rotatable bonds is 5. The maximum Gasteiger partial charge on any atom is 0.347 e. The Morgan fingerprint density at radius 2 is 1.96 bits per heavy atom. The molecule has 0 bridgehead atoms. The average molecular weight is 496 g/mol. The molecule has 1 fully saturated rings. The fourth-order valence-electron chi connectivity index (χ4n) is 3.03. The normalized spacial score (nSPS) is 14.6. The highest BCUT2D eigenvalue weighted by Crippen LogP contribution is 2.38. The van der Waals surface area contributed by atoms with Crippen LogP contribution < -0.4 is 10.9 Å². The Bertz CT molecular complexity index is 847. The van der Waals surface area contributed by atoms with E-state index in [4.69, 9.17) is 4.42 Å². The maximum atomic E-state index is 12.3. The predicted molar refractivity (Wildman–Crippen MR) is 106 cm³/mol. The summed E-state index contributed by atoms with van der Waals surface area (Å²) in [7, 11) is 0. The van der Waals surface area contributed by atoms with Crippen LogP contribution in [0.5, 0.6) is 5.75 Å². The molecule has 1 aliphatic rings. The van der Waals surface area contributed by atoms with E-state index >= 15 is 0 Å². The van der Waals surface area contributed by atoms with Crippen molar-refractivity contribution in [3.05, 3.63) is 37.1 Å². The summed E-state index contributed by atoms with van der Waals surface area (Å²) in [4.78, 5) is 24.5. The van der Waals surface area contributed by atoms with Gasteiger partial charge in [-0.2, -0.15) is 0 Å². The molecule has 0 amide bonds. The molecule has 136 valence electrons. The monoisotopic (exact) mass is 493 g/mol. The lowest BCUT2D eigenvalue weighted by Gasteiger charge is -2.11. The minimum Gasteiger partial charge on any atom is -0.505 e. The predicted octanol–water partition coefficient (Wildman–Crippen LogP) is 4.55. The Balaban J connectivity index is 0.00000225. The van der Waals surface area contributed by atoms with Gasteiger partial charge in [0.2, 0.25) is 0 Å². The van der Waals surface area contributed by atoms with Crippen LogP contribution in [-0.4, -0.2) is 23.5 Å². The summed E-state index contributed by atoms with van der Waals surface area (Å²) >= 11 is 6.43. The van der Waals surface area contributed by atoms with Crippen LogP contribution in [0.1, 0.15) is 42.5 Å². The standard InChI is InChI=1S/C17H17Br2NO4.ClH/c18-12-8-9-7-11(17(23)24-16(9)14(19)15(12)22)13(21)5-6-20-10-3-1-2-4-10;/h7-8,10,20,22H,1-6H2;1H. The number of Topliss-reactive ketones (excluding diaryl/α,β-unsaturated/α-hetero) is 1. The van der Waals surface area contributed by atoms with Crippen LogP contribution in [0.4, 0.5) is 0 Å². The summed E-state index contributed by atoms with van der Waals surface area (Å²) in [6.45, 7) is 0.559. The van der Waals surface area contributed by atoms with E-state index in [1.807, 2.05) is 0 Å². The quantitative estimate of drug-likeness (QED) is 0.470. The number of carbonyl (C=O) groups is 1. The van der Waals surface area contributed by atoms with Crippen molar-refractivity contribution in [2.24, 2.45) is 0 Å². The number of benzene rings is 1. The molecule has 1 saturated carbocycles. The van der Waals surface area contributed by atoms with E-state index in [9.17, 15) is 14.7 Å². The number of carbonyl (C=O) groups excluding carboxylic acids is 1. The number of nitrogens with one attached hydrogen (secondary N) is 1. The van der Waals surface area contributed by atoms with Gasteiger partial charge in [-0.15, -0.1) is 12.4 Å². The van der Waals surface area contributed by atoms with E-state index in [1.54, 1.807) is 6.07 Å². The second kappa shape index (κ2) is 8.66. The Morgan fingerprint density at radius 1 is 1.28 bits per heavy atom. The van der Waals surface area contributed by atoms with Gasteiger partial charge in [-0.05, 0) is 56.8 Å². The second-order valence-electron chi connectivity index (χ2n) is 6.00. The number of phenols is 1. The van der Waals surface area contributed by atoms with Crippen LogP contribution in [0, 0.1) is 0 Å². The number of aromatic hydroxyl groups is 1. The Morgan fingerprint density at radius 3 is 2.64 bits per heavy atom. The molecule has 0 radical (unpaired) electrons. The SMILES string of the molecule is Cl.O=C(CCNC1CCCC1)c1cc2cc(Br)c(O)c(Br)c2oc1=O. The zero-order valence-electron chi connectivity index (χ0n) is 13.3. The third-order valence-corrected chi connectivity index (χ3v) is 5.67. The third kappa shape index (κ3) is 4.45. The van der Waals surface area contributed by atoms with Crippen molar-refractivity contribution in [2.75, 3.05) is 6.54 Å². The van der Waals surface area contributed by atoms with E-state index < -0.39 is 5.63 Å². The van der Waals surface area contributed by atoms with Crippen molar-refractivity contribution in [1.29, 1.82) is 0 Å². The van der Waals surface area contributed by atoms with Crippen molar-refractivity contribution in [3.63, 3.8) is 0 Å². The second-order valence-corrected chi connectivity index (χ2v) is 7.64. The molecule has 0 saturated heterocycles. The van der Waals surface area contributed by atoms with Gasteiger partial charge in [-0.3, -0.25) is 4.79 Å². The van der Waals surface area contributed by atoms with E-state index in [2.05, 4.69) is 37.2 Å². The fourth-order valence-corrected chi connectivity index (χ4v) is 4.27. The van der Waals surface area contributed by atoms with Crippen molar-refractivity contribution in [1.82, 2.24) is 5.32 Å². The van der Waals surface area contributed by atoms with Gasteiger partial charge < -0.3 is 14.8 Å². The molecular formula is C17H18Br2ClNO4. The minimum absolute atomic E-state index is 0. The van der Waals surface area contributed by atoms with Crippen LogP contribution in [0.3, 0.4) is 0 Å². The number of phenolic OH excluding ortho intramolecular Hbond substituents is 1. The number of hydrogen-bond donors (Lipinski definition) is 2. The molecule has 2 N–H and O–H groups in total. The summed E-state index contributed by atoms with van der Waals surface area (Å²) in [5, 5.41) is 13.8. The molecule has 0 aliphatic heterocycles. The molecule has 1 aliphatic carbocycles. The molecule has 1 aromatic heterocycles. The topological polar surface area (TPSA) is 79.5 Å². The highest BCUT2D eigenvalue weighted by Gasteiger charge is 2.19. The Kier molecular flexibility index (Phi) is 7.08. The average Bonchev–Trinajstić information content (AvgIpc) is 3.06. The van der Waals surface area contributed by atoms with E-state index in [0.717, 1.165) is 12.8 Å². The molecule has 0 unspecified atom stereocenters. The molecular weight excluding hydrogens is 477 g/mol. The maximum absolute atomic E-state index is 12.3. The van der Waals surface area contributed by atoms with Crippen LogP contribution in [-0.2, 0) is 0 Å². The molecule has 1 heterocycles. The van der Waals surface area contributed by atoms with Crippen molar-refractivity contribution in [2.45, 2.75) is 38.1 Å². The highest BCUT2D eigenvalue weighted by atomic mass is 79.9. The van der Waals surface area contributed by atoms with Gasteiger partial charge in [0.05, 0.1) is 4.47 Å². The smallest absolute Gasteiger partial charge is 0.347 e. The Labute approximate surface area is 167 Å². The van der Waals surface area contributed by atoms with Gasteiger partial charge in [0.25, 0.3) is 0 Å². The summed E-state index contributed by atoms with van der Waals surface area (Å²) in [5.41, 5.74) is -0.419. The number of hydrogen-bond acceptors (Lipinski definition) is 5. The zero-order chi connectivity index (χ0) is 17.3. The van der Waals surface area contributed by atoms with E-state index in [1.165, 1.54) is 18.9 Å². The Hall–Kier alpha value is -0.890. The minimum atomic E-state index is -0.684. The molecule has 0 atom stereocenters. The first-order valence-corrected chi connectivity index (χ1v) is 9.47. The largest absolute Gasteiger partial charge is 0.505 e. The molecule has 5 nitrogen and oxygen atoms in total. The van der Waals surface area contributed by atoms with E-state index in [-0.39, 0.29) is 46.0 Å². The van der Waals surface area contributed by atoms with Crippen molar-refractivity contribution >= 4 is 61.0 Å². The molecule has 1 aromatic carbocycles. The van der Waals surface area contributed by atoms with Crippen LogP contribution >= 0.6 is 44.3 Å². The van der Waals surface area contributed by atoms with Gasteiger partial charge in [0.15, 0.2) is 11.4 Å². The summed E-state index contributed by atoms with van der Waals surface area (Å²) in [5.74, 6) is -0.290. The van der Waals surface area contributed by atoms with Gasteiger partial charge in [0.1, 0.15) is 15.8 Å². The van der Waals surface area contributed by atoms with E-state index in [0.29, 0.717) is 22.4 Å². The van der Waals surface area contributed by atoms with Crippen LogP contribution in [0.25, 0.3) is 11.0 Å². The molecule has 0 spiro atoms. The first-order valence-electron chi connectivity index (χ1n) is 7.89. The number of halogens is 3. The van der Waals surface area contributed by atoms with Gasteiger partial charge in [-0.1, -0.05) is 12.8 Å². The molecule has 25 heavy (non-hydrogen) atoms. The third-order valence-electron chi connectivity index (χ3n) is 4.33. The molecule has 8 heteroatoms. The summed E-state index contributed by atoms with van der Waals surface area (Å²) in [6, 6.07) is 3.63. The lowest BCUT2D eigenvalue weighted by atomic mass is 10.1. The summed E-state index contributed by atoms with van der Waals surface area (Å²) in [6.07, 6.45) is 5.02.